The Bertz CT molecular complexity index is 1510. The van der Waals surface area contributed by atoms with Crippen molar-refractivity contribution in [1.82, 2.24) is 34.3 Å². The molecule has 5 heterocycles. The molecular weight excluding hydrogens is 502 g/mol. The van der Waals surface area contributed by atoms with Gasteiger partial charge in [-0.15, -0.1) is 0 Å². The molecule has 10 heteroatoms. The second-order valence-corrected chi connectivity index (χ2v) is 11.5. The molecule has 40 heavy (non-hydrogen) atoms. The summed E-state index contributed by atoms with van der Waals surface area (Å²) < 4.78 is 3.42. The quantitative estimate of drug-likeness (QED) is 0.326. The van der Waals surface area contributed by atoms with Crippen molar-refractivity contribution in [2.24, 2.45) is 24.8 Å². The third-order valence-electron chi connectivity index (χ3n) is 7.42. The van der Waals surface area contributed by atoms with Crippen molar-refractivity contribution in [3.05, 3.63) is 48.7 Å². The maximum absolute atomic E-state index is 13.3. The number of carbonyl (C=O) groups excluding carboxylic acids is 1. The molecule has 1 amide bonds. The number of pyridine rings is 1. The van der Waals surface area contributed by atoms with E-state index in [9.17, 15) is 10.1 Å². The zero-order valence-electron chi connectivity index (χ0n) is 23.9. The number of nitriles is 1. The summed E-state index contributed by atoms with van der Waals surface area (Å²) in [5, 5.41) is 18.3. The van der Waals surface area contributed by atoms with Gasteiger partial charge in [-0.1, -0.05) is 27.7 Å². The number of amides is 1. The van der Waals surface area contributed by atoms with Gasteiger partial charge >= 0.3 is 0 Å². The van der Waals surface area contributed by atoms with Crippen molar-refractivity contribution in [3.63, 3.8) is 0 Å². The summed E-state index contributed by atoms with van der Waals surface area (Å²) in [6, 6.07) is 6.21. The molecule has 0 aromatic carbocycles. The highest BCUT2D eigenvalue weighted by molar-refractivity contribution is 5.83. The summed E-state index contributed by atoms with van der Waals surface area (Å²) in [6.45, 7) is 11.7. The highest BCUT2D eigenvalue weighted by Crippen LogP contribution is 2.30. The first kappa shape index (κ1) is 27.3. The van der Waals surface area contributed by atoms with Crippen LogP contribution in [0.5, 0.6) is 0 Å². The Morgan fingerprint density at radius 2 is 1.68 bits per heavy atom. The lowest BCUT2D eigenvalue weighted by Gasteiger charge is -2.37. The molecule has 1 aliphatic heterocycles. The van der Waals surface area contributed by atoms with Crippen molar-refractivity contribution in [2.75, 3.05) is 31.1 Å². The van der Waals surface area contributed by atoms with Crippen molar-refractivity contribution in [3.8, 4) is 28.6 Å². The maximum atomic E-state index is 13.3. The van der Waals surface area contributed by atoms with Crippen LogP contribution in [0, 0.1) is 29.1 Å². The van der Waals surface area contributed by atoms with Gasteiger partial charge in [0.25, 0.3) is 0 Å². The van der Waals surface area contributed by atoms with E-state index in [2.05, 4.69) is 48.9 Å². The van der Waals surface area contributed by atoms with E-state index in [1.54, 1.807) is 27.8 Å². The van der Waals surface area contributed by atoms with Gasteiger partial charge in [-0.2, -0.15) is 15.5 Å². The van der Waals surface area contributed by atoms with Crippen LogP contribution >= 0.6 is 0 Å². The first-order chi connectivity index (χ1) is 19.2. The Labute approximate surface area is 235 Å². The van der Waals surface area contributed by atoms with Gasteiger partial charge in [0.1, 0.15) is 23.0 Å². The minimum Gasteiger partial charge on any atom is -0.353 e. The number of rotatable bonds is 8. The van der Waals surface area contributed by atoms with Crippen LogP contribution in [0.2, 0.25) is 0 Å². The fourth-order valence-corrected chi connectivity index (χ4v) is 5.55. The minimum atomic E-state index is 0.0950. The number of fused-ring (bicyclic) bond motifs is 1. The molecule has 4 aromatic heterocycles. The molecular formula is C30H37N9O. The van der Waals surface area contributed by atoms with Crippen LogP contribution in [0.25, 0.3) is 28.0 Å². The SMILES string of the molecule is CC(C)CC(CC(C)C)C(=O)N1CCN(c2ccc(-c3nc(-c4cnn(C)c4)cn4ncc(C#N)c34)cn2)CC1. The minimum absolute atomic E-state index is 0.0950. The standard InChI is InChI=1S/C30H37N9O/c1-20(2)12-23(13-21(3)4)30(40)38-10-8-37(9-11-38)27-7-6-22(15-32-27)28-29-24(14-31)16-34-39(29)19-26(35-28)25-17-33-36(5)18-25/h6-7,15-21,23H,8-13H2,1-5H3. The molecule has 1 fully saturated rings. The number of carbonyl (C=O) groups is 1. The van der Waals surface area contributed by atoms with E-state index in [4.69, 9.17) is 9.97 Å². The van der Waals surface area contributed by atoms with Gasteiger partial charge in [0, 0.05) is 62.7 Å². The predicted octanol–water partition coefficient (Wildman–Crippen LogP) is 4.42. The van der Waals surface area contributed by atoms with Crippen LogP contribution in [-0.4, -0.2) is 66.3 Å². The van der Waals surface area contributed by atoms with E-state index in [-0.39, 0.29) is 5.92 Å². The van der Waals surface area contributed by atoms with E-state index in [1.165, 1.54) is 0 Å². The monoisotopic (exact) mass is 539 g/mol. The number of nitrogens with zero attached hydrogens (tertiary/aromatic N) is 9. The molecule has 0 spiro atoms. The van der Waals surface area contributed by atoms with Crippen molar-refractivity contribution in [2.45, 2.75) is 40.5 Å². The molecule has 0 aliphatic carbocycles. The van der Waals surface area contributed by atoms with Crippen LogP contribution in [0.15, 0.2) is 43.1 Å². The van der Waals surface area contributed by atoms with E-state index >= 15 is 0 Å². The van der Waals surface area contributed by atoms with Crippen molar-refractivity contribution >= 4 is 17.2 Å². The molecule has 5 rings (SSSR count). The third kappa shape index (κ3) is 5.69. The van der Waals surface area contributed by atoms with E-state index in [0.717, 1.165) is 42.9 Å². The van der Waals surface area contributed by atoms with E-state index in [1.807, 2.05) is 36.5 Å². The number of anilines is 1. The molecule has 0 unspecified atom stereocenters. The summed E-state index contributed by atoms with van der Waals surface area (Å²) in [4.78, 5) is 27.3. The summed E-state index contributed by atoms with van der Waals surface area (Å²) in [5.74, 6) is 2.26. The van der Waals surface area contributed by atoms with Gasteiger partial charge in [-0.3, -0.25) is 9.48 Å². The van der Waals surface area contributed by atoms with Crippen LogP contribution < -0.4 is 4.90 Å². The smallest absolute Gasteiger partial charge is 0.225 e. The molecule has 0 bridgehead atoms. The van der Waals surface area contributed by atoms with E-state index < -0.39 is 0 Å². The second-order valence-electron chi connectivity index (χ2n) is 11.5. The van der Waals surface area contributed by atoms with Gasteiger partial charge < -0.3 is 9.80 Å². The van der Waals surface area contributed by atoms with E-state index in [0.29, 0.717) is 53.3 Å². The van der Waals surface area contributed by atoms with Gasteiger partial charge in [0.2, 0.25) is 5.91 Å². The molecule has 0 saturated carbocycles. The number of aromatic nitrogens is 6. The number of hydrogen-bond donors (Lipinski definition) is 0. The van der Waals surface area contributed by atoms with Crippen LogP contribution in [0.1, 0.15) is 46.1 Å². The van der Waals surface area contributed by atoms with Gasteiger partial charge in [-0.05, 0) is 36.8 Å². The number of aryl methyl sites for hydroxylation is 1. The Kier molecular flexibility index (Phi) is 7.83. The fourth-order valence-electron chi connectivity index (χ4n) is 5.55. The summed E-state index contributed by atoms with van der Waals surface area (Å²) >= 11 is 0. The first-order valence-corrected chi connectivity index (χ1v) is 14.0. The molecule has 1 aliphatic rings. The molecule has 1 saturated heterocycles. The lowest BCUT2D eigenvalue weighted by Crippen LogP contribution is -2.50. The van der Waals surface area contributed by atoms with Gasteiger partial charge in [0.05, 0.1) is 30.0 Å². The first-order valence-electron chi connectivity index (χ1n) is 14.0. The molecule has 208 valence electrons. The van der Waals surface area contributed by atoms with Gasteiger partial charge in [-0.25, -0.2) is 14.5 Å². The largest absolute Gasteiger partial charge is 0.353 e. The lowest BCUT2D eigenvalue weighted by molar-refractivity contribution is -0.137. The summed E-state index contributed by atoms with van der Waals surface area (Å²) in [7, 11) is 1.86. The molecule has 0 atom stereocenters. The predicted molar refractivity (Wildman–Crippen MR) is 154 cm³/mol. The zero-order valence-corrected chi connectivity index (χ0v) is 23.9. The average molecular weight is 540 g/mol. The second kappa shape index (κ2) is 11.5. The zero-order chi connectivity index (χ0) is 28.4. The molecule has 10 nitrogen and oxygen atoms in total. The maximum Gasteiger partial charge on any atom is 0.225 e. The highest BCUT2D eigenvalue weighted by Gasteiger charge is 2.29. The highest BCUT2D eigenvalue weighted by atomic mass is 16.2. The third-order valence-corrected chi connectivity index (χ3v) is 7.42. The summed E-state index contributed by atoms with van der Waals surface area (Å²) in [5.41, 5.74) is 4.12. The number of piperazine rings is 1. The van der Waals surface area contributed by atoms with Crippen LogP contribution in [-0.2, 0) is 11.8 Å². The fraction of sp³-hybridized carbons (Fsp3) is 0.467. The normalized spacial score (nSPS) is 14.1. The topological polar surface area (TPSA) is 108 Å². The average Bonchev–Trinajstić information content (AvgIpc) is 3.57. The molecule has 0 N–H and O–H groups in total. The Balaban J connectivity index is 1.34. The Morgan fingerprint density at radius 3 is 2.25 bits per heavy atom. The molecule has 4 aromatic rings. The van der Waals surface area contributed by atoms with Crippen LogP contribution in [0.3, 0.4) is 0 Å². The van der Waals surface area contributed by atoms with Gasteiger partial charge in [0.15, 0.2) is 0 Å². The van der Waals surface area contributed by atoms with Crippen LogP contribution in [0.4, 0.5) is 5.82 Å². The number of hydrogen-bond acceptors (Lipinski definition) is 7. The van der Waals surface area contributed by atoms with Crippen molar-refractivity contribution in [1.29, 1.82) is 5.26 Å². The Morgan fingerprint density at radius 1 is 0.950 bits per heavy atom. The van der Waals surface area contributed by atoms with Crippen molar-refractivity contribution < 1.29 is 4.79 Å². The molecule has 0 radical (unpaired) electrons. The lowest BCUT2D eigenvalue weighted by atomic mass is 9.88. The summed E-state index contributed by atoms with van der Waals surface area (Å²) in [6.07, 6.45) is 10.7. The Hall–Kier alpha value is -4.26.